The summed E-state index contributed by atoms with van der Waals surface area (Å²) in [6.45, 7) is 0.639. The number of carbonyl (C=O) groups excluding carboxylic acids is 1. The van der Waals surface area contributed by atoms with E-state index >= 15 is 0 Å². The summed E-state index contributed by atoms with van der Waals surface area (Å²) in [6.07, 6.45) is 3.72. The molecule has 1 aliphatic rings. The molecule has 0 aliphatic carbocycles. The first-order valence-electron chi connectivity index (χ1n) is 6.77. The second kappa shape index (κ2) is 6.62. The molecule has 1 unspecified atom stereocenters. The molecule has 2 aromatic rings. The Kier molecular flexibility index (Phi) is 4.59. The molecule has 7 heteroatoms. The van der Waals surface area contributed by atoms with Crippen LogP contribution in [0.15, 0.2) is 41.1 Å². The zero-order valence-corrected chi connectivity index (χ0v) is 13.9. The Morgan fingerprint density at radius 3 is 2.82 bits per heavy atom. The van der Waals surface area contributed by atoms with Crippen LogP contribution in [0.3, 0.4) is 0 Å². The molecule has 0 spiro atoms. The molecule has 5 nitrogen and oxygen atoms in total. The van der Waals surface area contributed by atoms with Gasteiger partial charge in [-0.25, -0.2) is 9.97 Å². The third kappa shape index (κ3) is 3.39. The molecule has 0 saturated carbocycles. The first kappa shape index (κ1) is 15.2. The van der Waals surface area contributed by atoms with Gasteiger partial charge < -0.3 is 9.64 Å². The van der Waals surface area contributed by atoms with Crippen LogP contribution in [-0.4, -0.2) is 28.3 Å². The van der Waals surface area contributed by atoms with E-state index in [0.717, 1.165) is 10.2 Å². The van der Waals surface area contributed by atoms with Gasteiger partial charge in [-0.2, -0.15) is 0 Å². The number of nitrogens with zero attached hydrogens (tertiary/aromatic N) is 3. The topological polar surface area (TPSA) is 55.3 Å². The Morgan fingerprint density at radius 1 is 1.36 bits per heavy atom. The first-order chi connectivity index (χ1) is 10.7. The maximum absolute atomic E-state index is 12.0. The monoisotopic (exact) mass is 381 g/mol. The number of alkyl halides is 1. The van der Waals surface area contributed by atoms with Gasteiger partial charge in [-0.3, -0.25) is 4.79 Å². The van der Waals surface area contributed by atoms with Crippen molar-refractivity contribution in [2.45, 2.75) is 6.42 Å². The van der Waals surface area contributed by atoms with E-state index < -0.39 is 0 Å². The van der Waals surface area contributed by atoms with Crippen LogP contribution in [0.1, 0.15) is 6.42 Å². The maximum atomic E-state index is 12.0. The van der Waals surface area contributed by atoms with E-state index in [0.29, 0.717) is 24.6 Å². The SMILES string of the molecule is O=C1CC(CCl)CN1c1cccc(Oc2ncc(Br)cn2)c1. The summed E-state index contributed by atoms with van der Waals surface area (Å²) < 4.78 is 6.40. The minimum atomic E-state index is 0.0858. The fraction of sp³-hybridized carbons (Fsp3) is 0.267. The second-order valence-electron chi connectivity index (χ2n) is 5.01. The van der Waals surface area contributed by atoms with Crippen LogP contribution in [0.4, 0.5) is 5.69 Å². The normalized spacial score (nSPS) is 17.8. The van der Waals surface area contributed by atoms with Gasteiger partial charge in [-0.1, -0.05) is 6.07 Å². The molecule has 0 radical (unpaired) electrons. The molecule has 1 aliphatic heterocycles. The Labute approximate surface area is 141 Å². The number of halogens is 2. The highest BCUT2D eigenvalue weighted by Crippen LogP contribution is 2.29. The number of carbonyl (C=O) groups is 1. The first-order valence-corrected chi connectivity index (χ1v) is 8.10. The predicted octanol–water partition coefficient (Wildman–Crippen LogP) is 3.62. The van der Waals surface area contributed by atoms with Crippen molar-refractivity contribution < 1.29 is 9.53 Å². The highest BCUT2D eigenvalue weighted by Gasteiger charge is 2.30. The van der Waals surface area contributed by atoms with Crippen molar-refractivity contribution in [1.29, 1.82) is 0 Å². The average Bonchev–Trinajstić information content (AvgIpc) is 2.91. The number of rotatable bonds is 4. The molecule has 1 fully saturated rings. The van der Waals surface area contributed by atoms with E-state index in [2.05, 4.69) is 25.9 Å². The van der Waals surface area contributed by atoms with Crippen molar-refractivity contribution in [3.8, 4) is 11.8 Å². The summed E-state index contributed by atoms with van der Waals surface area (Å²) in [5.41, 5.74) is 0.798. The molecular weight excluding hydrogens is 370 g/mol. The van der Waals surface area contributed by atoms with Crippen molar-refractivity contribution >= 4 is 39.1 Å². The van der Waals surface area contributed by atoms with Gasteiger partial charge in [0.05, 0.1) is 4.47 Å². The summed E-state index contributed by atoms with van der Waals surface area (Å²) in [5.74, 6) is 1.36. The molecule has 1 atom stereocenters. The molecule has 1 amide bonds. The largest absolute Gasteiger partial charge is 0.424 e. The lowest BCUT2D eigenvalue weighted by Gasteiger charge is -2.17. The number of hydrogen-bond acceptors (Lipinski definition) is 4. The van der Waals surface area contributed by atoms with E-state index in [9.17, 15) is 4.79 Å². The standard InChI is InChI=1S/C15H13BrClN3O2/c16-11-7-18-15(19-8-11)22-13-3-1-2-12(5-13)20-9-10(6-17)4-14(20)21/h1-3,5,7-8,10H,4,6,9H2. The fourth-order valence-electron chi connectivity index (χ4n) is 2.31. The molecule has 2 heterocycles. The number of amides is 1. The van der Waals surface area contributed by atoms with Crippen LogP contribution in [-0.2, 0) is 4.79 Å². The van der Waals surface area contributed by atoms with Crippen LogP contribution < -0.4 is 9.64 Å². The molecule has 1 aromatic heterocycles. The van der Waals surface area contributed by atoms with Crippen molar-refractivity contribution in [1.82, 2.24) is 9.97 Å². The smallest absolute Gasteiger partial charge is 0.321 e. The van der Waals surface area contributed by atoms with Gasteiger partial charge in [0.1, 0.15) is 5.75 Å². The minimum absolute atomic E-state index is 0.0858. The summed E-state index contributed by atoms with van der Waals surface area (Å²) in [5, 5.41) is 0. The minimum Gasteiger partial charge on any atom is -0.424 e. The molecular formula is C15H13BrClN3O2. The van der Waals surface area contributed by atoms with Gasteiger partial charge >= 0.3 is 6.01 Å². The lowest BCUT2D eigenvalue weighted by atomic mass is 10.1. The Balaban J connectivity index is 1.78. The number of benzene rings is 1. The third-order valence-corrected chi connectivity index (χ3v) is 4.20. The van der Waals surface area contributed by atoms with Gasteiger partial charge in [0.15, 0.2) is 0 Å². The molecule has 3 rings (SSSR count). The van der Waals surface area contributed by atoms with Crippen molar-refractivity contribution in [3.63, 3.8) is 0 Å². The van der Waals surface area contributed by atoms with E-state index in [4.69, 9.17) is 16.3 Å². The lowest BCUT2D eigenvalue weighted by Crippen LogP contribution is -2.24. The summed E-state index contributed by atoms with van der Waals surface area (Å²) in [4.78, 5) is 21.9. The Bertz CT molecular complexity index is 681. The number of ether oxygens (including phenoxy) is 1. The highest BCUT2D eigenvalue weighted by atomic mass is 79.9. The fourth-order valence-corrected chi connectivity index (χ4v) is 2.72. The predicted molar refractivity (Wildman–Crippen MR) is 87.4 cm³/mol. The van der Waals surface area contributed by atoms with Gasteiger partial charge in [-0.15, -0.1) is 11.6 Å². The molecule has 1 saturated heterocycles. The van der Waals surface area contributed by atoms with E-state index in [1.165, 1.54) is 0 Å². The van der Waals surface area contributed by atoms with Gasteiger partial charge in [0.25, 0.3) is 0 Å². The molecule has 114 valence electrons. The van der Waals surface area contributed by atoms with Crippen LogP contribution in [0.25, 0.3) is 0 Å². The number of anilines is 1. The van der Waals surface area contributed by atoms with Gasteiger partial charge in [0.2, 0.25) is 5.91 Å². The molecule has 0 bridgehead atoms. The average molecular weight is 383 g/mol. The Morgan fingerprint density at radius 2 is 2.14 bits per heavy atom. The van der Waals surface area contributed by atoms with Gasteiger partial charge in [0, 0.05) is 43.0 Å². The third-order valence-electron chi connectivity index (χ3n) is 3.36. The van der Waals surface area contributed by atoms with Gasteiger partial charge in [-0.05, 0) is 34.0 Å². The zero-order chi connectivity index (χ0) is 15.5. The Hall–Kier alpha value is -1.66. The number of hydrogen-bond donors (Lipinski definition) is 0. The zero-order valence-electron chi connectivity index (χ0n) is 11.6. The van der Waals surface area contributed by atoms with Crippen LogP contribution in [0.5, 0.6) is 11.8 Å². The maximum Gasteiger partial charge on any atom is 0.321 e. The molecule has 22 heavy (non-hydrogen) atoms. The summed E-state index contributed by atoms with van der Waals surface area (Å²) in [7, 11) is 0. The summed E-state index contributed by atoms with van der Waals surface area (Å²) in [6, 6.07) is 7.58. The second-order valence-corrected chi connectivity index (χ2v) is 6.24. The van der Waals surface area contributed by atoms with E-state index in [-0.39, 0.29) is 17.8 Å². The number of aromatic nitrogens is 2. The molecule has 1 aromatic carbocycles. The van der Waals surface area contributed by atoms with Crippen molar-refractivity contribution in [2.75, 3.05) is 17.3 Å². The molecule has 0 N–H and O–H groups in total. The highest BCUT2D eigenvalue weighted by molar-refractivity contribution is 9.10. The van der Waals surface area contributed by atoms with Crippen LogP contribution in [0.2, 0.25) is 0 Å². The summed E-state index contributed by atoms with van der Waals surface area (Å²) >= 11 is 9.12. The quantitative estimate of drug-likeness (QED) is 0.758. The lowest BCUT2D eigenvalue weighted by molar-refractivity contribution is -0.117. The van der Waals surface area contributed by atoms with Crippen molar-refractivity contribution in [2.24, 2.45) is 5.92 Å². The van der Waals surface area contributed by atoms with Crippen molar-refractivity contribution in [3.05, 3.63) is 41.1 Å². The van der Waals surface area contributed by atoms with E-state index in [1.807, 2.05) is 12.1 Å². The van der Waals surface area contributed by atoms with E-state index in [1.54, 1.807) is 29.4 Å². The van der Waals surface area contributed by atoms with Crippen LogP contribution in [0, 0.1) is 5.92 Å². The van der Waals surface area contributed by atoms with Crippen LogP contribution >= 0.6 is 27.5 Å².